The molecular weight excluding hydrogens is 512 g/mol. The molecule has 2 aromatic rings. The summed E-state index contributed by atoms with van der Waals surface area (Å²) in [6.07, 6.45) is 1.27. The zero-order chi connectivity index (χ0) is 28.8. The van der Waals surface area contributed by atoms with Crippen molar-refractivity contribution in [3.8, 4) is 0 Å². The molecule has 0 spiro atoms. The number of ether oxygens (including phenoxy) is 3. The van der Waals surface area contributed by atoms with Gasteiger partial charge in [-0.25, -0.2) is 19.4 Å². The van der Waals surface area contributed by atoms with Gasteiger partial charge in [0.05, 0.1) is 13.7 Å². The molecule has 13 heteroatoms. The molecular formula is C26H36N4O9. The number of carbonyl (C=O) groups excluding carboxylic acids is 4. The van der Waals surface area contributed by atoms with Gasteiger partial charge in [0, 0.05) is 6.54 Å². The van der Waals surface area contributed by atoms with Crippen molar-refractivity contribution in [1.82, 2.24) is 20.9 Å². The maximum Gasteiger partial charge on any atom is 0.408 e. The van der Waals surface area contributed by atoms with E-state index in [9.17, 15) is 24.3 Å². The minimum absolute atomic E-state index is 0.0375. The number of aromatic nitrogens is 1. The first-order valence-corrected chi connectivity index (χ1v) is 12.4. The van der Waals surface area contributed by atoms with Crippen LogP contribution in [-0.4, -0.2) is 66.1 Å². The van der Waals surface area contributed by atoms with Crippen LogP contribution in [0.5, 0.6) is 0 Å². The minimum atomic E-state index is -1.28. The summed E-state index contributed by atoms with van der Waals surface area (Å²) >= 11 is 0. The van der Waals surface area contributed by atoms with Crippen molar-refractivity contribution < 1.29 is 42.9 Å². The summed E-state index contributed by atoms with van der Waals surface area (Å²) in [6, 6.07) is 7.09. The highest BCUT2D eigenvalue weighted by Gasteiger charge is 2.26. The van der Waals surface area contributed by atoms with Gasteiger partial charge in [-0.1, -0.05) is 30.3 Å². The number of hydrogen-bond donors (Lipinski definition) is 4. The van der Waals surface area contributed by atoms with E-state index in [1.165, 1.54) is 0 Å². The molecule has 0 saturated heterocycles. The van der Waals surface area contributed by atoms with Crippen LogP contribution in [-0.2, 0) is 25.6 Å². The maximum atomic E-state index is 12.5. The quantitative estimate of drug-likeness (QED) is 0.165. The van der Waals surface area contributed by atoms with Gasteiger partial charge in [-0.15, -0.1) is 0 Å². The molecule has 0 aliphatic carbocycles. The second kappa shape index (κ2) is 15.3. The zero-order valence-electron chi connectivity index (χ0n) is 22.5. The molecule has 0 unspecified atom stereocenters. The summed E-state index contributed by atoms with van der Waals surface area (Å²) < 4.78 is 20.5. The van der Waals surface area contributed by atoms with Gasteiger partial charge in [0.1, 0.15) is 24.5 Å². The molecule has 1 aromatic carbocycles. The fourth-order valence-corrected chi connectivity index (χ4v) is 3.25. The molecule has 1 aromatic heterocycles. The molecule has 0 saturated carbocycles. The molecule has 3 amide bonds. The van der Waals surface area contributed by atoms with Crippen molar-refractivity contribution in [2.45, 2.75) is 64.3 Å². The molecule has 214 valence electrons. The average molecular weight is 549 g/mol. The smallest absolute Gasteiger partial charge is 0.408 e. The van der Waals surface area contributed by atoms with Gasteiger partial charge in [0.25, 0.3) is 5.91 Å². The Morgan fingerprint density at radius 2 is 1.77 bits per heavy atom. The Balaban J connectivity index is 2.01. The van der Waals surface area contributed by atoms with Crippen LogP contribution in [0.2, 0.25) is 0 Å². The summed E-state index contributed by atoms with van der Waals surface area (Å²) in [5.41, 5.74) is 0.0299. The van der Waals surface area contributed by atoms with Crippen molar-refractivity contribution >= 4 is 24.1 Å². The fraction of sp³-hybridized carbons (Fsp3) is 0.500. The third kappa shape index (κ3) is 11.4. The van der Waals surface area contributed by atoms with E-state index in [1.54, 1.807) is 20.8 Å². The second-order valence-corrected chi connectivity index (χ2v) is 9.49. The number of benzene rings is 1. The van der Waals surface area contributed by atoms with E-state index in [1.807, 2.05) is 30.3 Å². The number of nitrogens with one attached hydrogen (secondary N) is 3. The summed E-state index contributed by atoms with van der Waals surface area (Å²) in [4.78, 5) is 52.6. The van der Waals surface area contributed by atoms with Crippen LogP contribution >= 0.6 is 0 Å². The number of oxazole rings is 1. The van der Waals surface area contributed by atoms with Crippen LogP contribution in [0.4, 0.5) is 9.59 Å². The van der Waals surface area contributed by atoms with Crippen LogP contribution in [0.1, 0.15) is 68.0 Å². The lowest BCUT2D eigenvalue weighted by molar-refractivity contribution is -0.143. The van der Waals surface area contributed by atoms with E-state index >= 15 is 0 Å². The van der Waals surface area contributed by atoms with Crippen molar-refractivity contribution in [2.24, 2.45) is 0 Å². The van der Waals surface area contributed by atoms with E-state index in [2.05, 4.69) is 25.7 Å². The highest BCUT2D eigenvalue weighted by Crippen LogP contribution is 2.20. The fourth-order valence-electron chi connectivity index (χ4n) is 3.25. The number of carbonyl (C=O) groups is 4. The van der Waals surface area contributed by atoms with E-state index in [0.717, 1.165) is 18.9 Å². The van der Waals surface area contributed by atoms with E-state index in [4.69, 9.17) is 13.9 Å². The summed E-state index contributed by atoms with van der Waals surface area (Å²) in [5.74, 6) is -1.56. The van der Waals surface area contributed by atoms with Crippen LogP contribution in [0.15, 0.2) is 41.0 Å². The molecule has 13 nitrogen and oxygen atoms in total. The standard InChI is InChI=1S/C26H36N4O9/c1-26(2,3)39-24(34)27-13-9-8-12-18(30-25(35)38-15-17-10-6-5-7-11-17)22-29-20(16-37-22)21(32)28-19(14-31)23(33)36-4/h5-7,10-11,16,18-19,31H,8-9,12-15H2,1-4H3,(H,27,34)(H,28,32)(H,30,35)/t18-,19-/m0/s1. The Morgan fingerprint density at radius 1 is 1.05 bits per heavy atom. The maximum absolute atomic E-state index is 12.5. The topological polar surface area (TPSA) is 178 Å². The lowest BCUT2D eigenvalue weighted by Crippen LogP contribution is -2.44. The number of unbranched alkanes of at least 4 members (excludes halogenated alkanes) is 1. The van der Waals surface area contributed by atoms with Crippen molar-refractivity contribution in [3.05, 3.63) is 53.7 Å². The van der Waals surface area contributed by atoms with E-state index in [0.29, 0.717) is 25.8 Å². The number of nitrogens with zero attached hydrogens (tertiary/aromatic N) is 1. The van der Waals surface area contributed by atoms with Crippen LogP contribution in [0.3, 0.4) is 0 Å². The largest absolute Gasteiger partial charge is 0.467 e. The zero-order valence-corrected chi connectivity index (χ0v) is 22.5. The number of aliphatic hydroxyl groups excluding tert-OH is 1. The molecule has 39 heavy (non-hydrogen) atoms. The monoisotopic (exact) mass is 548 g/mol. The van der Waals surface area contributed by atoms with E-state index < -0.39 is 48.4 Å². The Kier molecular flexibility index (Phi) is 12.2. The number of amides is 3. The van der Waals surface area contributed by atoms with Crippen molar-refractivity contribution in [3.63, 3.8) is 0 Å². The summed E-state index contributed by atoms with van der Waals surface area (Å²) in [5, 5.41) is 17.0. The second-order valence-electron chi connectivity index (χ2n) is 9.49. The first-order chi connectivity index (χ1) is 18.5. The van der Waals surface area contributed by atoms with Crippen LogP contribution < -0.4 is 16.0 Å². The average Bonchev–Trinajstić information content (AvgIpc) is 3.39. The van der Waals surface area contributed by atoms with Gasteiger partial charge < -0.3 is 39.7 Å². The van der Waals surface area contributed by atoms with Gasteiger partial charge in [0.2, 0.25) is 5.89 Å². The van der Waals surface area contributed by atoms with E-state index in [-0.39, 0.29) is 18.2 Å². The third-order valence-electron chi connectivity index (χ3n) is 5.12. The Labute approximate surface area is 226 Å². The summed E-state index contributed by atoms with van der Waals surface area (Å²) in [6.45, 7) is 5.03. The van der Waals surface area contributed by atoms with Crippen LogP contribution in [0, 0.1) is 0 Å². The van der Waals surface area contributed by atoms with Crippen molar-refractivity contribution in [2.75, 3.05) is 20.3 Å². The molecule has 0 radical (unpaired) electrons. The van der Waals surface area contributed by atoms with Gasteiger partial charge >= 0.3 is 18.2 Å². The molecule has 0 aliphatic heterocycles. The highest BCUT2D eigenvalue weighted by molar-refractivity contribution is 5.95. The lowest BCUT2D eigenvalue weighted by atomic mass is 10.1. The molecule has 2 atom stereocenters. The molecule has 2 rings (SSSR count). The minimum Gasteiger partial charge on any atom is -0.467 e. The number of methoxy groups -OCH3 is 1. The number of hydrogen-bond acceptors (Lipinski definition) is 10. The molecule has 0 aliphatic rings. The lowest BCUT2D eigenvalue weighted by Gasteiger charge is -2.19. The predicted octanol–water partition coefficient (Wildman–Crippen LogP) is 2.60. The Hall–Kier alpha value is -4.13. The van der Waals surface area contributed by atoms with Crippen molar-refractivity contribution in [1.29, 1.82) is 0 Å². The Bertz CT molecular complexity index is 1080. The van der Waals surface area contributed by atoms with Gasteiger partial charge in [0.15, 0.2) is 11.7 Å². The van der Waals surface area contributed by atoms with Crippen LogP contribution in [0.25, 0.3) is 0 Å². The summed E-state index contributed by atoms with van der Waals surface area (Å²) in [7, 11) is 1.13. The third-order valence-corrected chi connectivity index (χ3v) is 5.12. The number of esters is 1. The first-order valence-electron chi connectivity index (χ1n) is 12.4. The van der Waals surface area contributed by atoms with Gasteiger partial charge in [-0.2, -0.15) is 0 Å². The number of rotatable bonds is 13. The van der Waals surface area contributed by atoms with Gasteiger partial charge in [-0.3, -0.25) is 4.79 Å². The molecule has 1 heterocycles. The molecule has 4 N–H and O–H groups in total. The first kappa shape index (κ1) is 31.1. The number of aliphatic hydroxyl groups is 1. The normalized spacial score (nSPS) is 12.5. The number of alkyl carbamates (subject to hydrolysis) is 2. The van der Waals surface area contributed by atoms with Gasteiger partial charge in [-0.05, 0) is 45.6 Å². The predicted molar refractivity (Wildman–Crippen MR) is 137 cm³/mol. The molecule has 0 bridgehead atoms. The highest BCUT2D eigenvalue weighted by atomic mass is 16.6. The Morgan fingerprint density at radius 3 is 2.41 bits per heavy atom. The molecule has 0 fully saturated rings. The SMILES string of the molecule is COC(=O)[C@H](CO)NC(=O)c1coc([C@H](CCCCNC(=O)OC(C)(C)C)NC(=O)OCc2ccccc2)n1.